The van der Waals surface area contributed by atoms with Gasteiger partial charge in [-0.2, -0.15) is 0 Å². The number of anilines is 1. The molecule has 0 N–H and O–H groups in total. The van der Waals surface area contributed by atoms with E-state index in [1.54, 1.807) is 10.6 Å². The van der Waals surface area contributed by atoms with Crippen molar-refractivity contribution in [3.63, 3.8) is 0 Å². The Morgan fingerprint density at radius 1 is 1.09 bits per heavy atom. The van der Waals surface area contributed by atoms with Gasteiger partial charge in [0.25, 0.3) is 0 Å². The lowest BCUT2D eigenvalue weighted by Crippen LogP contribution is -2.57. The Morgan fingerprint density at radius 2 is 1.94 bits per heavy atom. The van der Waals surface area contributed by atoms with Gasteiger partial charge in [0.2, 0.25) is 0 Å². The second-order valence-electron chi connectivity index (χ2n) is 9.12. The van der Waals surface area contributed by atoms with E-state index >= 15 is 0 Å². The SMILES string of the molecule is O=C(OC1CCCC1)C1CN(CCCn2nc3ccccn3c2=O)CCN1c1cccc(Cl)c1. The number of aryl methyl sites for hydroxylation is 1. The molecule has 3 heterocycles. The van der Waals surface area contributed by atoms with Crippen LogP contribution in [0.4, 0.5) is 5.69 Å². The molecule has 5 rings (SSSR count). The summed E-state index contributed by atoms with van der Waals surface area (Å²) in [4.78, 5) is 30.1. The Bertz CT molecular complexity index is 1200. The molecular formula is C25H30ClN5O3. The average molecular weight is 484 g/mol. The Hall–Kier alpha value is -2.84. The standard InChI is InChI=1S/C25H30ClN5O3/c26-19-7-5-8-20(17-19)29-16-15-28(18-22(29)24(32)34-21-9-1-2-10-21)12-6-14-31-25(33)30-13-4-3-11-23(30)27-31/h3-5,7-8,11,13,17,21-22H,1-2,6,9-10,12,14-16,18H2. The lowest BCUT2D eigenvalue weighted by Gasteiger charge is -2.41. The maximum Gasteiger partial charge on any atom is 0.350 e. The number of halogens is 1. The van der Waals surface area contributed by atoms with Crippen LogP contribution in [0.2, 0.25) is 5.02 Å². The van der Waals surface area contributed by atoms with Gasteiger partial charge in [-0.1, -0.05) is 23.7 Å². The minimum atomic E-state index is -0.384. The molecule has 2 aromatic heterocycles. The number of ether oxygens (including phenoxy) is 1. The van der Waals surface area contributed by atoms with Crippen LogP contribution in [0.3, 0.4) is 0 Å². The van der Waals surface area contributed by atoms with Gasteiger partial charge in [0.15, 0.2) is 5.65 Å². The van der Waals surface area contributed by atoms with Crippen molar-refractivity contribution >= 4 is 28.9 Å². The fourth-order valence-corrected chi connectivity index (χ4v) is 5.20. The van der Waals surface area contributed by atoms with Crippen molar-refractivity contribution in [1.82, 2.24) is 19.1 Å². The highest BCUT2D eigenvalue weighted by Gasteiger charge is 2.35. The van der Waals surface area contributed by atoms with Crippen LogP contribution in [0.1, 0.15) is 32.1 Å². The highest BCUT2D eigenvalue weighted by Crippen LogP contribution is 2.27. The molecule has 180 valence electrons. The molecule has 1 saturated heterocycles. The molecule has 1 aliphatic heterocycles. The molecule has 1 atom stereocenters. The molecule has 1 saturated carbocycles. The van der Waals surface area contributed by atoms with Gasteiger partial charge < -0.3 is 9.64 Å². The summed E-state index contributed by atoms with van der Waals surface area (Å²) in [6, 6.07) is 12.8. The molecule has 0 bridgehead atoms. The van der Waals surface area contributed by atoms with Crippen LogP contribution in [-0.4, -0.2) is 63.4 Å². The normalized spacial score (nSPS) is 19.7. The smallest absolute Gasteiger partial charge is 0.350 e. The summed E-state index contributed by atoms with van der Waals surface area (Å²) >= 11 is 6.24. The largest absolute Gasteiger partial charge is 0.461 e. The second-order valence-corrected chi connectivity index (χ2v) is 9.56. The van der Waals surface area contributed by atoms with Crippen LogP contribution in [0.15, 0.2) is 53.5 Å². The Labute approximate surface area is 203 Å². The van der Waals surface area contributed by atoms with Gasteiger partial charge in [-0.25, -0.2) is 14.3 Å². The van der Waals surface area contributed by atoms with Crippen LogP contribution < -0.4 is 10.6 Å². The molecule has 0 amide bonds. The van der Waals surface area contributed by atoms with Crippen LogP contribution >= 0.6 is 11.6 Å². The number of rotatable bonds is 7. The van der Waals surface area contributed by atoms with Gasteiger partial charge >= 0.3 is 11.7 Å². The molecule has 1 unspecified atom stereocenters. The lowest BCUT2D eigenvalue weighted by molar-refractivity contribution is -0.151. The van der Waals surface area contributed by atoms with Crippen LogP contribution in [-0.2, 0) is 16.1 Å². The third-order valence-corrected chi connectivity index (χ3v) is 7.03. The Kier molecular flexibility index (Phi) is 6.87. The van der Waals surface area contributed by atoms with Gasteiger partial charge in [0.05, 0.1) is 0 Å². The topological polar surface area (TPSA) is 72.1 Å². The van der Waals surface area contributed by atoms with E-state index in [4.69, 9.17) is 16.3 Å². The molecule has 9 heteroatoms. The van der Waals surface area contributed by atoms with Crippen molar-refractivity contribution in [2.75, 3.05) is 31.1 Å². The number of carbonyl (C=O) groups excluding carboxylic acids is 1. The van der Waals surface area contributed by atoms with E-state index < -0.39 is 0 Å². The predicted octanol–water partition coefficient (Wildman–Crippen LogP) is 3.22. The molecule has 8 nitrogen and oxygen atoms in total. The molecule has 2 fully saturated rings. The molecule has 1 aliphatic carbocycles. The fraction of sp³-hybridized carbons (Fsp3) is 0.480. The first-order chi connectivity index (χ1) is 16.6. The summed E-state index contributed by atoms with van der Waals surface area (Å²) < 4.78 is 8.98. The van der Waals surface area contributed by atoms with Gasteiger partial charge in [-0.15, -0.1) is 5.10 Å². The summed E-state index contributed by atoms with van der Waals surface area (Å²) in [5.74, 6) is -0.159. The highest BCUT2D eigenvalue weighted by molar-refractivity contribution is 6.30. The number of pyridine rings is 1. The number of carbonyl (C=O) groups is 1. The number of benzene rings is 1. The zero-order valence-electron chi connectivity index (χ0n) is 19.2. The minimum absolute atomic E-state index is 0.0333. The van der Waals surface area contributed by atoms with Gasteiger partial charge in [-0.05, 0) is 62.4 Å². The van der Waals surface area contributed by atoms with E-state index in [0.717, 1.165) is 50.9 Å². The minimum Gasteiger partial charge on any atom is -0.461 e. The van der Waals surface area contributed by atoms with Crippen LogP contribution in [0.25, 0.3) is 5.65 Å². The third kappa shape index (κ3) is 4.98. The maximum atomic E-state index is 13.2. The first-order valence-electron chi connectivity index (χ1n) is 12.1. The number of hydrogen-bond donors (Lipinski definition) is 0. The molecule has 3 aromatic rings. The number of esters is 1. The van der Waals surface area contributed by atoms with Gasteiger partial charge in [0.1, 0.15) is 12.1 Å². The average Bonchev–Trinajstić information content (AvgIpc) is 3.47. The summed E-state index contributed by atoms with van der Waals surface area (Å²) in [5, 5.41) is 5.06. The molecule has 2 aliphatic rings. The first-order valence-corrected chi connectivity index (χ1v) is 12.5. The van der Waals surface area contributed by atoms with Crippen LogP contribution in [0, 0.1) is 0 Å². The number of aromatic nitrogens is 3. The Balaban J connectivity index is 1.25. The molecule has 0 spiro atoms. The first kappa shape index (κ1) is 22.9. The van der Waals surface area contributed by atoms with E-state index in [1.165, 1.54) is 4.68 Å². The highest BCUT2D eigenvalue weighted by atomic mass is 35.5. The molecule has 0 radical (unpaired) electrons. The zero-order chi connectivity index (χ0) is 23.5. The monoisotopic (exact) mass is 483 g/mol. The van der Waals surface area contributed by atoms with E-state index in [-0.39, 0.29) is 23.8 Å². The van der Waals surface area contributed by atoms with Crippen molar-refractivity contribution < 1.29 is 9.53 Å². The van der Waals surface area contributed by atoms with Crippen molar-refractivity contribution in [3.8, 4) is 0 Å². The number of piperazine rings is 1. The molecule has 1 aromatic carbocycles. The fourth-order valence-electron chi connectivity index (χ4n) is 5.01. The Morgan fingerprint density at radius 3 is 2.74 bits per heavy atom. The summed E-state index contributed by atoms with van der Waals surface area (Å²) in [6.45, 7) is 3.42. The third-order valence-electron chi connectivity index (χ3n) is 6.79. The summed E-state index contributed by atoms with van der Waals surface area (Å²) in [6.07, 6.45) is 6.68. The van der Waals surface area contributed by atoms with Gasteiger partial charge in [-0.3, -0.25) is 9.30 Å². The second kappa shape index (κ2) is 10.2. The van der Waals surface area contributed by atoms with E-state index in [1.807, 2.05) is 42.5 Å². The summed E-state index contributed by atoms with van der Waals surface area (Å²) in [5.41, 5.74) is 1.47. The van der Waals surface area contributed by atoms with E-state index in [9.17, 15) is 9.59 Å². The number of hydrogen-bond acceptors (Lipinski definition) is 6. The number of fused-ring (bicyclic) bond motifs is 1. The van der Waals surface area contributed by atoms with Crippen molar-refractivity contribution in [2.45, 2.75) is 50.8 Å². The molecule has 34 heavy (non-hydrogen) atoms. The van der Waals surface area contributed by atoms with E-state index in [2.05, 4.69) is 14.9 Å². The maximum absolute atomic E-state index is 13.2. The molecular weight excluding hydrogens is 454 g/mol. The zero-order valence-corrected chi connectivity index (χ0v) is 19.9. The van der Waals surface area contributed by atoms with Gasteiger partial charge in [0, 0.05) is 49.6 Å². The van der Waals surface area contributed by atoms with Crippen molar-refractivity contribution in [3.05, 3.63) is 64.2 Å². The van der Waals surface area contributed by atoms with Crippen LogP contribution in [0.5, 0.6) is 0 Å². The lowest BCUT2D eigenvalue weighted by atomic mass is 10.1. The predicted molar refractivity (Wildman–Crippen MR) is 131 cm³/mol. The van der Waals surface area contributed by atoms with Crippen molar-refractivity contribution in [1.29, 1.82) is 0 Å². The quantitative estimate of drug-likeness (QED) is 0.480. The summed E-state index contributed by atoms with van der Waals surface area (Å²) in [7, 11) is 0. The van der Waals surface area contributed by atoms with E-state index in [0.29, 0.717) is 30.3 Å². The number of nitrogens with zero attached hydrogens (tertiary/aromatic N) is 5. The van der Waals surface area contributed by atoms with Crippen molar-refractivity contribution in [2.24, 2.45) is 0 Å².